The van der Waals surface area contributed by atoms with Gasteiger partial charge < -0.3 is 10.6 Å². The summed E-state index contributed by atoms with van der Waals surface area (Å²) in [4.78, 5) is 27.7. The highest BCUT2D eigenvalue weighted by Gasteiger charge is 2.34. The van der Waals surface area contributed by atoms with Crippen molar-refractivity contribution in [3.63, 3.8) is 0 Å². The van der Waals surface area contributed by atoms with Gasteiger partial charge in [0.1, 0.15) is 5.82 Å². The van der Waals surface area contributed by atoms with Crippen LogP contribution in [-0.2, 0) is 22.2 Å². The molecule has 1 aliphatic carbocycles. The van der Waals surface area contributed by atoms with Gasteiger partial charge in [-0.3, -0.25) is 9.59 Å². The number of aromatic nitrogens is 1. The second kappa shape index (κ2) is 7.02. The summed E-state index contributed by atoms with van der Waals surface area (Å²) in [7, 11) is 0. The maximum Gasteiger partial charge on any atom is 0.419 e. The van der Waals surface area contributed by atoms with E-state index in [1.54, 1.807) is 5.38 Å². The first kappa shape index (κ1) is 18.3. The van der Waals surface area contributed by atoms with Crippen LogP contribution in [0.4, 0.5) is 28.4 Å². The van der Waals surface area contributed by atoms with Gasteiger partial charge in [-0.1, -0.05) is 0 Å². The van der Waals surface area contributed by atoms with Gasteiger partial charge in [-0.15, -0.1) is 11.3 Å². The van der Waals surface area contributed by atoms with Crippen LogP contribution < -0.4 is 10.6 Å². The monoisotopic (exact) mass is 387 g/mol. The number of thiazole rings is 1. The zero-order chi connectivity index (χ0) is 18.9. The first-order valence-electron chi connectivity index (χ1n) is 7.64. The lowest BCUT2D eigenvalue weighted by atomic mass is 10.1. The Morgan fingerprint density at radius 2 is 1.96 bits per heavy atom. The van der Waals surface area contributed by atoms with E-state index in [9.17, 15) is 27.2 Å². The number of amides is 2. The number of carbonyl (C=O) groups is 2. The van der Waals surface area contributed by atoms with Crippen LogP contribution in [0.15, 0.2) is 23.6 Å². The highest BCUT2D eigenvalue weighted by atomic mass is 32.1. The Labute approximate surface area is 149 Å². The minimum absolute atomic E-state index is 0.0203. The Hall–Kier alpha value is -2.49. The van der Waals surface area contributed by atoms with Crippen LogP contribution in [0.3, 0.4) is 0 Å². The zero-order valence-electron chi connectivity index (χ0n) is 13.2. The number of hydrogen-bond donors (Lipinski definition) is 2. The number of nitrogens with one attached hydrogen (secondary N) is 2. The fourth-order valence-electron chi connectivity index (χ4n) is 2.19. The molecule has 0 bridgehead atoms. The molecule has 2 aromatic rings. The molecule has 1 aromatic carbocycles. The SMILES string of the molecule is O=C(Cc1csc(NC(=O)C2CC2)n1)Nc1ccc(F)c(C(F)(F)F)c1. The van der Waals surface area contributed by atoms with E-state index >= 15 is 0 Å². The molecular weight excluding hydrogens is 374 g/mol. The van der Waals surface area contributed by atoms with Crippen LogP contribution in [-0.4, -0.2) is 16.8 Å². The second-order valence-corrected chi connectivity index (χ2v) is 6.68. The quantitative estimate of drug-likeness (QED) is 0.766. The van der Waals surface area contributed by atoms with E-state index in [0.29, 0.717) is 23.0 Å². The summed E-state index contributed by atoms with van der Waals surface area (Å²) >= 11 is 1.16. The standard InChI is InChI=1S/C16H13F4N3O2S/c17-12-4-3-9(5-11(12)16(18,19)20)21-13(24)6-10-7-26-15(22-10)23-14(25)8-1-2-8/h3-5,7-8H,1-2,6H2,(H,21,24)(H,22,23,25). The molecule has 2 amide bonds. The lowest BCUT2D eigenvalue weighted by Crippen LogP contribution is -2.16. The highest BCUT2D eigenvalue weighted by Crippen LogP contribution is 2.33. The molecule has 0 radical (unpaired) electrons. The second-order valence-electron chi connectivity index (χ2n) is 5.82. The summed E-state index contributed by atoms with van der Waals surface area (Å²) in [6.07, 6.45) is -3.34. The Bertz CT molecular complexity index is 846. The third-order valence-corrected chi connectivity index (χ3v) is 4.43. The number of halogens is 4. The third-order valence-electron chi connectivity index (χ3n) is 3.63. The highest BCUT2D eigenvalue weighted by molar-refractivity contribution is 7.13. The average molecular weight is 387 g/mol. The van der Waals surface area contributed by atoms with E-state index in [0.717, 1.165) is 30.2 Å². The van der Waals surface area contributed by atoms with E-state index in [2.05, 4.69) is 15.6 Å². The molecule has 0 unspecified atom stereocenters. The van der Waals surface area contributed by atoms with Crippen LogP contribution in [0.25, 0.3) is 0 Å². The number of benzene rings is 1. The summed E-state index contributed by atoms with van der Waals surface area (Å²) < 4.78 is 51.3. The lowest BCUT2D eigenvalue weighted by Gasteiger charge is -2.10. The van der Waals surface area contributed by atoms with E-state index in [1.165, 1.54) is 0 Å². The minimum atomic E-state index is -4.85. The fourth-order valence-corrected chi connectivity index (χ4v) is 2.90. The number of nitrogens with zero attached hydrogens (tertiary/aromatic N) is 1. The van der Waals surface area contributed by atoms with Crippen molar-refractivity contribution in [2.45, 2.75) is 25.4 Å². The van der Waals surface area contributed by atoms with E-state index < -0.39 is 23.5 Å². The third kappa shape index (κ3) is 4.57. The van der Waals surface area contributed by atoms with Crippen LogP contribution in [0.2, 0.25) is 0 Å². The van der Waals surface area contributed by atoms with Gasteiger partial charge in [-0.05, 0) is 31.0 Å². The Morgan fingerprint density at radius 3 is 2.62 bits per heavy atom. The van der Waals surface area contributed by atoms with Crippen LogP contribution in [0.5, 0.6) is 0 Å². The topological polar surface area (TPSA) is 71.1 Å². The lowest BCUT2D eigenvalue weighted by molar-refractivity contribution is -0.140. The molecule has 26 heavy (non-hydrogen) atoms. The van der Waals surface area contributed by atoms with Crippen molar-refractivity contribution >= 4 is 34.0 Å². The molecular formula is C16H13F4N3O2S. The number of carbonyl (C=O) groups excluding carboxylic acids is 2. The van der Waals surface area contributed by atoms with Crippen molar-refractivity contribution < 1.29 is 27.2 Å². The summed E-state index contributed by atoms with van der Waals surface area (Å²) in [5.41, 5.74) is -1.24. The van der Waals surface area contributed by atoms with Crippen molar-refractivity contribution in [2.75, 3.05) is 10.6 Å². The van der Waals surface area contributed by atoms with Crippen LogP contribution in [0, 0.1) is 11.7 Å². The smallest absolute Gasteiger partial charge is 0.326 e. The maximum absolute atomic E-state index is 13.2. The molecule has 0 spiro atoms. The molecule has 0 atom stereocenters. The first-order valence-corrected chi connectivity index (χ1v) is 8.52. The molecule has 5 nitrogen and oxygen atoms in total. The number of alkyl halides is 3. The van der Waals surface area contributed by atoms with Gasteiger partial charge in [0, 0.05) is 17.0 Å². The Kier molecular flexibility index (Phi) is 4.94. The van der Waals surface area contributed by atoms with Gasteiger partial charge in [-0.2, -0.15) is 13.2 Å². The minimum Gasteiger partial charge on any atom is -0.326 e. The van der Waals surface area contributed by atoms with Crippen molar-refractivity contribution in [1.29, 1.82) is 0 Å². The summed E-state index contributed by atoms with van der Waals surface area (Å²) in [6, 6.07) is 2.23. The first-order chi connectivity index (χ1) is 12.2. The molecule has 1 saturated carbocycles. The normalized spacial score (nSPS) is 14.2. The molecule has 0 aliphatic heterocycles. The predicted octanol–water partition coefficient (Wildman–Crippen LogP) is 3.83. The average Bonchev–Trinajstić information content (AvgIpc) is 3.31. The van der Waals surface area contributed by atoms with Crippen molar-refractivity contribution in [3.05, 3.63) is 40.7 Å². The van der Waals surface area contributed by atoms with Crippen molar-refractivity contribution in [3.8, 4) is 0 Å². The van der Waals surface area contributed by atoms with Gasteiger partial charge in [0.05, 0.1) is 17.7 Å². The summed E-state index contributed by atoms with van der Waals surface area (Å²) in [5.74, 6) is -2.10. The summed E-state index contributed by atoms with van der Waals surface area (Å²) in [6.45, 7) is 0. The maximum atomic E-state index is 13.2. The molecule has 1 aliphatic rings. The molecule has 3 rings (SSSR count). The molecule has 1 aromatic heterocycles. The van der Waals surface area contributed by atoms with E-state index in [4.69, 9.17) is 0 Å². The summed E-state index contributed by atoms with van der Waals surface area (Å²) in [5, 5.41) is 6.87. The van der Waals surface area contributed by atoms with Crippen molar-refractivity contribution in [2.24, 2.45) is 5.92 Å². The molecule has 1 heterocycles. The van der Waals surface area contributed by atoms with Crippen LogP contribution >= 0.6 is 11.3 Å². The molecule has 138 valence electrons. The number of anilines is 2. The Morgan fingerprint density at radius 1 is 1.23 bits per heavy atom. The van der Waals surface area contributed by atoms with Gasteiger partial charge >= 0.3 is 6.18 Å². The van der Waals surface area contributed by atoms with Gasteiger partial charge in [-0.25, -0.2) is 9.37 Å². The van der Waals surface area contributed by atoms with E-state index in [1.807, 2.05) is 0 Å². The number of rotatable bonds is 5. The Balaban J connectivity index is 1.60. The van der Waals surface area contributed by atoms with Crippen LogP contribution in [0.1, 0.15) is 24.1 Å². The molecule has 1 fully saturated rings. The predicted molar refractivity (Wildman–Crippen MR) is 87.2 cm³/mol. The van der Waals surface area contributed by atoms with Crippen molar-refractivity contribution in [1.82, 2.24) is 4.98 Å². The van der Waals surface area contributed by atoms with Gasteiger partial charge in [0.25, 0.3) is 0 Å². The van der Waals surface area contributed by atoms with Gasteiger partial charge in [0.2, 0.25) is 11.8 Å². The molecule has 2 N–H and O–H groups in total. The fraction of sp³-hybridized carbons (Fsp3) is 0.312. The number of hydrogen-bond acceptors (Lipinski definition) is 4. The van der Waals surface area contributed by atoms with E-state index in [-0.39, 0.29) is 23.9 Å². The van der Waals surface area contributed by atoms with Gasteiger partial charge in [0.15, 0.2) is 5.13 Å². The molecule has 0 saturated heterocycles. The zero-order valence-corrected chi connectivity index (χ0v) is 14.0. The molecule has 10 heteroatoms. The largest absolute Gasteiger partial charge is 0.419 e.